The summed E-state index contributed by atoms with van der Waals surface area (Å²) >= 11 is 0. The van der Waals surface area contributed by atoms with Crippen LogP contribution < -0.4 is 10.6 Å². The van der Waals surface area contributed by atoms with Crippen LogP contribution in [0.3, 0.4) is 0 Å². The summed E-state index contributed by atoms with van der Waals surface area (Å²) < 4.78 is 0. The van der Waals surface area contributed by atoms with Gasteiger partial charge in [-0.15, -0.1) is 0 Å². The lowest BCUT2D eigenvalue weighted by atomic mass is 10.1. The van der Waals surface area contributed by atoms with Crippen molar-refractivity contribution in [3.63, 3.8) is 0 Å². The van der Waals surface area contributed by atoms with Crippen molar-refractivity contribution in [2.24, 2.45) is 5.92 Å². The van der Waals surface area contributed by atoms with Gasteiger partial charge < -0.3 is 15.7 Å². The number of nitrogens with one attached hydrogen (secondary N) is 2. The summed E-state index contributed by atoms with van der Waals surface area (Å²) in [6.45, 7) is 1.70. The third-order valence-electron chi connectivity index (χ3n) is 2.48. The molecule has 1 aliphatic rings. The molecule has 80 valence electrons. The van der Waals surface area contributed by atoms with E-state index >= 15 is 0 Å². The van der Waals surface area contributed by atoms with Crippen LogP contribution in [-0.2, 0) is 9.59 Å². The molecule has 5 nitrogen and oxygen atoms in total. The Bertz CT molecular complexity index is 238. The first-order valence-corrected chi connectivity index (χ1v) is 4.76. The van der Waals surface area contributed by atoms with Crippen LogP contribution in [0.2, 0.25) is 0 Å². The zero-order valence-corrected chi connectivity index (χ0v) is 8.41. The summed E-state index contributed by atoms with van der Waals surface area (Å²) in [5.74, 6) is -1.07. The topological polar surface area (TPSA) is 78.4 Å². The van der Waals surface area contributed by atoms with Crippen LogP contribution in [0, 0.1) is 5.92 Å². The molecule has 2 atom stereocenters. The Balaban J connectivity index is 2.46. The maximum atomic E-state index is 11.4. The van der Waals surface area contributed by atoms with E-state index in [9.17, 15) is 9.59 Å². The lowest BCUT2D eigenvalue weighted by Crippen LogP contribution is -2.49. The number of aliphatic carboxylic acids is 1. The Morgan fingerprint density at radius 2 is 2.00 bits per heavy atom. The van der Waals surface area contributed by atoms with Gasteiger partial charge in [-0.1, -0.05) is 0 Å². The smallest absolute Gasteiger partial charge is 0.326 e. The number of likely N-dealkylation sites (N-methyl/N-ethyl adjacent to an activating group) is 1. The summed E-state index contributed by atoms with van der Waals surface area (Å²) in [4.78, 5) is 22.2. The van der Waals surface area contributed by atoms with Crippen molar-refractivity contribution in [2.75, 3.05) is 7.05 Å². The zero-order valence-electron chi connectivity index (χ0n) is 8.41. The third-order valence-corrected chi connectivity index (χ3v) is 2.48. The van der Waals surface area contributed by atoms with Gasteiger partial charge in [0.1, 0.15) is 6.04 Å². The molecule has 0 aromatic heterocycles. The SMILES string of the molecule is CNC(C)C(=O)NC(C(=O)O)C1CC1. The molecule has 1 saturated carbocycles. The molecule has 3 N–H and O–H groups in total. The van der Waals surface area contributed by atoms with Crippen LogP contribution >= 0.6 is 0 Å². The Kier molecular flexibility index (Phi) is 3.46. The first-order chi connectivity index (χ1) is 6.56. The average molecular weight is 200 g/mol. The Morgan fingerprint density at radius 1 is 1.43 bits per heavy atom. The molecule has 1 aliphatic carbocycles. The number of carbonyl (C=O) groups is 2. The van der Waals surface area contributed by atoms with Crippen molar-refractivity contribution in [2.45, 2.75) is 31.8 Å². The van der Waals surface area contributed by atoms with E-state index in [1.165, 1.54) is 0 Å². The summed E-state index contributed by atoms with van der Waals surface area (Å²) in [5, 5.41) is 14.1. The molecule has 1 amide bonds. The van der Waals surface area contributed by atoms with E-state index in [4.69, 9.17) is 5.11 Å². The Labute approximate surface area is 82.9 Å². The molecule has 0 bridgehead atoms. The maximum Gasteiger partial charge on any atom is 0.326 e. The van der Waals surface area contributed by atoms with Gasteiger partial charge in [0, 0.05) is 0 Å². The lowest BCUT2D eigenvalue weighted by Gasteiger charge is -2.16. The summed E-state index contributed by atoms with van der Waals surface area (Å²) in [5.41, 5.74) is 0. The van der Waals surface area contributed by atoms with Crippen LogP contribution in [0.25, 0.3) is 0 Å². The van der Waals surface area contributed by atoms with Crippen molar-refractivity contribution >= 4 is 11.9 Å². The van der Waals surface area contributed by atoms with Gasteiger partial charge in [-0.25, -0.2) is 4.79 Å². The van der Waals surface area contributed by atoms with Gasteiger partial charge in [0.15, 0.2) is 0 Å². The van der Waals surface area contributed by atoms with Crippen LogP contribution in [-0.4, -0.2) is 36.1 Å². The second kappa shape index (κ2) is 4.41. The van der Waals surface area contributed by atoms with E-state index in [0.717, 1.165) is 12.8 Å². The second-order valence-corrected chi connectivity index (χ2v) is 3.67. The van der Waals surface area contributed by atoms with Crippen LogP contribution in [0.4, 0.5) is 0 Å². The van der Waals surface area contributed by atoms with E-state index < -0.39 is 12.0 Å². The first kappa shape index (κ1) is 11.0. The van der Waals surface area contributed by atoms with Gasteiger partial charge in [-0.05, 0) is 32.7 Å². The standard InChI is InChI=1S/C9H16N2O3/c1-5(10-2)8(12)11-7(9(13)14)6-3-4-6/h5-7,10H,3-4H2,1-2H3,(H,11,12)(H,13,14). The van der Waals surface area contributed by atoms with Gasteiger partial charge in [0.05, 0.1) is 6.04 Å². The van der Waals surface area contributed by atoms with Crippen molar-refractivity contribution < 1.29 is 14.7 Å². The van der Waals surface area contributed by atoms with E-state index in [0.29, 0.717) is 0 Å². The van der Waals surface area contributed by atoms with E-state index in [1.54, 1.807) is 14.0 Å². The van der Waals surface area contributed by atoms with Gasteiger partial charge in [-0.3, -0.25) is 4.79 Å². The minimum absolute atomic E-state index is 0.125. The molecule has 5 heteroatoms. The predicted molar refractivity (Wildman–Crippen MR) is 50.8 cm³/mol. The monoisotopic (exact) mass is 200 g/mol. The molecule has 0 heterocycles. The summed E-state index contributed by atoms with van der Waals surface area (Å²) in [7, 11) is 1.66. The number of rotatable bonds is 5. The number of carbonyl (C=O) groups excluding carboxylic acids is 1. The second-order valence-electron chi connectivity index (χ2n) is 3.67. The maximum absolute atomic E-state index is 11.4. The number of carboxylic acid groups (broad SMARTS) is 1. The summed E-state index contributed by atoms with van der Waals surface area (Å²) in [6, 6.07) is -1.06. The molecule has 14 heavy (non-hydrogen) atoms. The van der Waals surface area contributed by atoms with Crippen molar-refractivity contribution in [3.05, 3.63) is 0 Å². The number of carboxylic acids is 1. The van der Waals surface area contributed by atoms with Gasteiger partial charge in [-0.2, -0.15) is 0 Å². The minimum atomic E-state index is -0.941. The highest BCUT2D eigenvalue weighted by Gasteiger charge is 2.37. The molecule has 0 aromatic carbocycles. The highest BCUT2D eigenvalue weighted by atomic mass is 16.4. The first-order valence-electron chi connectivity index (χ1n) is 4.76. The fourth-order valence-electron chi connectivity index (χ4n) is 1.22. The molecular weight excluding hydrogens is 184 g/mol. The number of hydrogen-bond acceptors (Lipinski definition) is 3. The largest absolute Gasteiger partial charge is 0.480 e. The minimum Gasteiger partial charge on any atom is -0.480 e. The summed E-state index contributed by atoms with van der Waals surface area (Å²) in [6.07, 6.45) is 1.79. The fourth-order valence-corrected chi connectivity index (χ4v) is 1.22. The molecular formula is C9H16N2O3. The Hall–Kier alpha value is -1.10. The normalized spacial score (nSPS) is 19.9. The molecule has 0 saturated heterocycles. The van der Waals surface area contributed by atoms with E-state index in [-0.39, 0.29) is 17.9 Å². The quantitative estimate of drug-likeness (QED) is 0.563. The number of amides is 1. The zero-order chi connectivity index (χ0) is 10.7. The third kappa shape index (κ3) is 2.70. The average Bonchev–Trinajstić information content (AvgIpc) is 2.95. The molecule has 2 unspecified atom stereocenters. The van der Waals surface area contributed by atoms with Crippen molar-refractivity contribution in [1.29, 1.82) is 0 Å². The molecule has 0 radical (unpaired) electrons. The highest BCUT2D eigenvalue weighted by Crippen LogP contribution is 2.32. The molecule has 0 aromatic rings. The highest BCUT2D eigenvalue weighted by molar-refractivity contribution is 5.86. The van der Waals surface area contributed by atoms with Gasteiger partial charge in [0.2, 0.25) is 5.91 Å². The van der Waals surface area contributed by atoms with E-state index in [1.807, 2.05) is 0 Å². The number of hydrogen-bond donors (Lipinski definition) is 3. The van der Waals surface area contributed by atoms with Crippen molar-refractivity contribution in [1.82, 2.24) is 10.6 Å². The van der Waals surface area contributed by atoms with Gasteiger partial charge >= 0.3 is 5.97 Å². The van der Waals surface area contributed by atoms with Crippen molar-refractivity contribution in [3.8, 4) is 0 Å². The van der Waals surface area contributed by atoms with Crippen LogP contribution in [0.1, 0.15) is 19.8 Å². The Morgan fingerprint density at radius 3 is 2.36 bits per heavy atom. The lowest BCUT2D eigenvalue weighted by molar-refractivity contribution is -0.142. The molecule has 0 aliphatic heterocycles. The van der Waals surface area contributed by atoms with Crippen LogP contribution in [0.15, 0.2) is 0 Å². The molecule has 1 fully saturated rings. The fraction of sp³-hybridized carbons (Fsp3) is 0.778. The van der Waals surface area contributed by atoms with E-state index in [2.05, 4.69) is 10.6 Å². The van der Waals surface area contributed by atoms with Gasteiger partial charge in [0.25, 0.3) is 0 Å². The molecule has 0 spiro atoms. The predicted octanol–water partition coefficient (Wildman–Crippen LogP) is -0.426. The molecule has 1 rings (SSSR count). The van der Waals surface area contributed by atoms with Crippen LogP contribution in [0.5, 0.6) is 0 Å².